The number of anilines is 1. The predicted octanol–water partition coefficient (Wildman–Crippen LogP) is 2.37. The lowest BCUT2D eigenvalue weighted by Crippen LogP contribution is -2.46. The van der Waals surface area contributed by atoms with Crippen LogP contribution < -0.4 is 10.2 Å². The van der Waals surface area contributed by atoms with Crippen molar-refractivity contribution >= 4 is 16.9 Å². The molecule has 2 aromatic heterocycles. The first-order valence-corrected chi connectivity index (χ1v) is 9.01. The first-order valence-electron chi connectivity index (χ1n) is 9.01. The molecular weight excluding hydrogens is 312 g/mol. The Bertz CT molecular complexity index is 877. The first-order chi connectivity index (χ1) is 12.1. The van der Waals surface area contributed by atoms with Gasteiger partial charge in [-0.25, -0.2) is 4.98 Å². The average Bonchev–Trinajstić information content (AvgIpc) is 3.13. The minimum atomic E-state index is 0.476. The summed E-state index contributed by atoms with van der Waals surface area (Å²) in [6, 6.07) is 11.0. The fraction of sp³-hybridized carbons (Fsp3) is 0.474. The highest BCUT2D eigenvalue weighted by molar-refractivity contribution is 5.75. The topological polar surface area (TPSA) is 50.9 Å². The molecule has 0 spiro atoms. The molecule has 1 unspecified atom stereocenters. The smallest absolute Gasteiger partial charge is 0.126 e. The fourth-order valence-electron chi connectivity index (χ4n) is 3.83. The number of hydrogen-bond donors (Lipinski definition) is 1. The van der Waals surface area contributed by atoms with E-state index in [2.05, 4.69) is 58.1 Å². The Kier molecular flexibility index (Phi) is 4.21. The maximum atomic E-state index is 4.76. The molecule has 4 rings (SSSR count). The second-order valence-electron chi connectivity index (χ2n) is 7.01. The Labute approximate surface area is 148 Å². The molecule has 1 aliphatic rings. The summed E-state index contributed by atoms with van der Waals surface area (Å²) in [5.74, 6) is 2.31. The van der Waals surface area contributed by atoms with Crippen molar-refractivity contribution in [3.8, 4) is 0 Å². The van der Waals surface area contributed by atoms with Crippen LogP contribution in [0.15, 0.2) is 30.3 Å². The zero-order chi connectivity index (χ0) is 17.4. The van der Waals surface area contributed by atoms with Crippen LogP contribution in [-0.4, -0.2) is 38.5 Å². The van der Waals surface area contributed by atoms with Gasteiger partial charge in [0.15, 0.2) is 0 Å². The molecule has 132 valence electrons. The van der Waals surface area contributed by atoms with E-state index in [1.807, 2.05) is 17.8 Å². The van der Waals surface area contributed by atoms with Crippen LogP contribution in [-0.2, 0) is 20.6 Å². The third kappa shape index (κ3) is 3.14. The molecule has 0 bridgehead atoms. The van der Waals surface area contributed by atoms with Crippen molar-refractivity contribution in [1.82, 2.24) is 24.6 Å². The highest BCUT2D eigenvalue weighted by Crippen LogP contribution is 2.21. The van der Waals surface area contributed by atoms with E-state index >= 15 is 0 Å². The van der Waals surface area contributed by atoms with Crippen LogP contribution in [0.4, 0.5) is 5.82 Å². The Morgan fingerprint density at radius 1 is 1.24 bits per heavy atom. The number of hydrogen-bond acceptors (Lipinski definition) is 4. The fourth-order valence-corrected chi connectivity index (χ4v) is 3.83. The van der Waals surface area contributed by atoms with Gasteiger partial charge in [0, 0.05) is 39.3 Å². The van der Waals surface area contributed by atoms with Crippen LogP contribution in [0.1, 0.15) is 24.4 Å². The second-order valence-corrected chi connectivity index (χ2v) is 7.01. The van der Waals surface area contributed by atoms with Crippen molar-refractivity contribution in [3.63, 3.8) is 0 Å². The van der Waals surface area contributed by atoms with Crippen molar-refractivity contribution in [2.24, 2.45) is 14.1 Å². The summed E-state index contributed by atoms with van der Waals surface area (Å²) in [5, 5.41) is 8.19. The van der Waals surface area contributed by atoms with Gasteiger partial charge in [0.1, 0.15) is 11.6 Å². The Morgan fingerprint density at radius 3 is 2.84 bits per heavy atom. The van der Waals surface area contributed by atoms with Crippen molar-refractivity contribution in [2.75, 3.05) is 18.0 Å². The van der Waals surface area contributed by atoms with Crippen LogP contribution in [0.2, 0.25) is 0 Å². The lowest BCUT2D eigenvalue weighted by atomic mass is 10.1. The maximum absolute atomic E-state index is 4.76. The lowest BCUT2D eigenvalue weighted by molar-refractivity contribution is 0.411. The van der Waals surface area contributed by atoms with E-state index in [0.717, 1.165) is 36.7 Å². The van der Waals surface area contributed by atoms with Gasteiger partial charge in [-0.05, 0) is 31.9 Å². The summed E-state index contributed by atoms with van der Waals surface area (Å²) < 4.78 is 4.18. The van der Waals surface area contributed by atoms with E-state index in [-0.39, 0.29) is 0 Å². The third-order valence-corrected chi connectivity index (χ3v) is 5.15. The standard InChI is InChI=1S/C19H26N6/c1-14-11-19(24(3)22-14)25-10-6-7-15(13-25)20-12-18-21-16-8-4-5-9-17(16)23(18)2/h4-5,8-9,11,15,20H,6-7,10,12-13H2,1-3H3. The lowest BCUT2D eigenvalue weighted by Gasteiger charge is -2.34. The van der Waals surface area contributed by atoms with Gasteiger partial charge < -0.3 is 14.8 Å². The van der Waals surface area contributed by atoms with E-state index in [0.29, 0.717) is 6.04 Å². The quantitative estimate of drug-likeness (QED) is 0.793. The molecule has 1 atom stereocenters. The normalized spacial score (nSPS) is 18.2. The molecule has 1 saturated heterocycles. The molecule has 0 radical (unpaired) electrons. The zero-order valence-corrected chi connectivity index (χ0v) is 15.2. The Morgan fingerprint density at radius 2 is 2.08 bits per heavy atom. The van der Waals surface area contributed by atoms with E-state index in [4.69, 9.17) is 4.98 Å². The first kappa shape index (κ1) is 16.1. The minimum Gasteiger partial charge on any atom is -0.355 e. The summed E-state index contributed by atoms with van der Waals surface area (Å²) in [6.07, 6.45) is 2.40. The number of piperidine rings is 1. The van der Waals surface area contributed by atoms with Gasteiger partial charge in [-0.1, -0.05) is 12.1 Å². The Balaban J connectivity index is 1.44. The van der Waals surface area contributed by atoms with Crippen LogP contribution in [0.5, 0.6) is 0 Å². The number of fused-ring (bicyclic) bond motifs is 1. The summed E-state index contributed by atoms with van der Waals surface area (Å²) in [4.78, 5) is 7.20. The number of imidazole rings is 1. The van der Waals surface area contributed by atoms with Gasteiger partial charge in [0.2, 0.25) is 0 Å². The van der Waals surface area contributed by atoms with E-state index in [1.54, 1.807) is 0 Å². The molecule has 25 heavy (non-hydrogen) atoms. The molecule has 1 aliphatic heterocycles. The van der Waals surface area contributed by atoms with Crippen molar-refractivity contribution in [2.45, 2.75) is 32.4 Å². The van der Waals surface area contributed by atoms with Gasteiger partial charge in [0.05, 0.1) is 23.3 Å². The van der Waals surface area contributed by atoms with Crippen molar-refractivity contribution in [1.29, 1.82) is 0 Å². The molecule has 6 heteroatoms. The van der Waals surface area contributed by atoms with E-state index in [1.165, 1.54) is 24.2 Å². The maximum Gasteiger partial charge on any atom is 0.126 e. The summed E-state index contributed by atoms with van der Waals surface area (Å²) in [6.45, 7) is 4.97. The van der Waals surface area contributed by atoms with Gasteiger partial charge in [-0.2, -0.15) is 5.10 Å². The van der Waals surface area contributed by atoms with Gasteiger partial charge >= 0.3 is 0 Å². The van der Waals surface area contributed by atoms with E-state index in [9.17, 15) is 0 Å². The summed E-state index contributed by atoms with van der Waals surface area (Å²) in [7, 11) is 4.12. The molecule has 1 fully saturated rings. The van der Waals surface area contributed by atoms with E-state index < -0.39 is 0 Å². The molecule has 1 N–H and O–H groups in total. The van der Waals surface area contributed by atoms with Crippen molar-refractivity contribution < 1.29 is 0 Å². The Hall–Kier alpha value is -2.34. The van der Waals surface area contributed by atoms with Crippen LogP contribution in [0.25, 0.3) is 11.0 Å². The number of nitrogens with zero attached hydrogens (tertiary/aromatic N) is 5. The molecule has 0 saturated carbocycles. The van der Waals surface area contributed by atoms with Crippen molar-refractivity contribution in [3.05, 3.63) is 41.9 Å². The SMILES string of the molecule is Cc1cc(N2CCCC(NCc3nc4ccccc4n3C)C2)n(C)n1. The molecule has 0 aliphatic carbocycles. The van der Waals surface area contributed by atoms with Gasteiger partial charge in [-0.3, -0.25) is 4.68 Å². The molecule has 0 amide bonds. The number of rotatable bonds is 4. The average molecular weight is 338 g/mol. The largest absolute Gasteiger partial charge is 0.355 e. The molecule has 3 heterocycles. The number of aromatic nitrogens is 4. The van der Waals surface area contributed by atoms with Crippen LogP contribution in [0, 0.1) is 6.92 Å². The number of para-hydroxylation sites is 2. The van der Waals surface area contributed by atoms with Crippen LogP contribution >= 0.6 is 0 Å². The molecule has 1 aromatic carbocycles. The zero-order valence-electron chi connectivity index (χ0n) is 15.2. The third-order valence-electron chi connectivity index (χ3n) is 5.15. The summed E-state index contributed by atoms with van der Waals surface area (Å²) >= 11 is 0. The molecule has 3 aromatic rings. The number of aryl methyl sites for hydroxylation is 3. The molecule has 6 nitrogen and oxygen atoms in total. The highest BCUT2D eigenvalue weighted by Gasteiger charge is 2.22. The predicted molar refractivity (Wildman–Crippen MR) is 101 cm³/mol. The second kappa shape index (κ2) is 6.52. The van der Waals surface area contributed by atoms with Crippen LogP contribution in [0.3, 0.4) is 0 Å². The monoisotopic (exact) mass is 338 g/mol. The number of benzene rings is 1. The number of nitrogens with one attached hydrogen (secondary N) is 1. The molecular formula is C19H26N6. The van der Waals surface area contributed by atoms with Gasteiger partial charge in [-0.15, -0.1) is 0 Å². The highest BCUT2D eigenvalue weighted by atomic mass is 15.4. The minimum absolute atomic E-state index is 0.476. The summed E-state index contributed by atoms with van der Waals surface area (Å²) in [5.41, 5.74) is 3.33. The van der Waals surface area contributed by atoms with Gasteiger partial charge in [0.25, 0.3) is 0 Å².